The maximum atomic E-state index is 12.5. The molecule has 1 amide bonds. The second kappa shape index (κ2) is 8.01. The highest BCUT2D eigenvalue weighted by Crippen LogP contribution is 2.21. The van der Waals surface area contributed by atoms with Crippen LogP contribution in [-0.4, -0.2) is 34.1 Å². The van der Waals surface area contributed by atoms with Gasteiger partial charge in [-0.15, -0.1) is 0 Å². The van der Waals surface area contributed by atoms with E-state index in [1.54, 1.807) is 6.07 Å². The van der Waals surface area contributed by atoms with Gasteiger partial charge in [-0.05, 0) is 49.8 Å². The van der Waals surface area contributed by atoms with Gasteiger partial charge in [-0.3, -0.25) is 14.8 Å². The van der Waals surface area contributed by atoms with Crippen LogP contribution in [0.25, 0.3) is 11.5 Å². The molecule has 1 aromatic carbocycles. The minimum absolute atomic E-state index is 0.254. The zero-order valence-corrected chi connectivity index (χ0v) is 15.4. The fraction of sp³-hybridized carbons (Fsp3) is 0.300. The molecule has 2 heterocycles. The molecule has 0 aliphatic rings. The van der Waals surface area contributed by atoms with Crippen LogP contribution in [0.1, 0.15) is 35.7 Å². The average molecular weight is 352 g/mol. The van der Waals surface area contributed by atoms with E-state index in [2.05, 4.69) is 40.3 Å². The number of aromatic nitrogens is 2. The number of nitrogens with one attached hydrogen (secondary N) is 2. The van der Waals surface area contributed by atoms with Gasteiger partial charge in [0.15, 0.2) is 11.5 Å². The first kappa shape index (κ1) is 17.9. The monoisotopic (exact) mass is 352 g/mol. The van der Waals surface area contributed by atoms with Gasteiger partial charge in [0.1, 0.15) is 11.5 Å². The van der Waals surface area contributed by atoms with Crippen LogP contribution < -0.4 is 5.32 Å². The van der Waals surface area contributed by atoms with Crippen molar-refractivity contribution in [3.05, 3.63) is 59.5 Å². The van der Waals surface area contributed by atoms with Gasteiger partial charge in [0.2, 0.25) is 0 Å². The predicted octanol–water partition coefficient (Wildman–Crippen LogP) is 4.07. The molecule has 6 nitrogen and oxygen atoms in total. The average Bonchev–Trinajstić information content (AvgIpc) is 3.29. The van der Waals surface area contributed by atoms with Crippen LogP contribution in [0.2, 0.25) is 0 Å². The summed E-state index contributed by atoms with van der Waals surface area (Å²) in [5.41, 5.74) is 2.93. The first-order chi connectivity index (χ1) is 12.6. The standard InChI is InChI=1S/C20H24N4O2/c1-4-24(5-2)13-15-7-6-8-16(11-15)21-20(25)18-12-17(22-23-18)19-10-9-14(3)26-19/h6-12H,4-5,13H2,1-3H3,(H,21,25)(H,22,23). The Bertz CT molecular complexity index is 877. The largest absolute Gasteiger partial charge is 0.460 e. The molecule has 3 rings (SSSR count). The molecule has 26 heavy (non-hydrogen) atoms. The predicted molar refractivity (Wildman–Crippen MR) is 102 cm³/mol. The van der Waals surface area contributed by atoms with Gasteiger partial charge in [-0.2, -0.15) is 5.10 Å². The number of carbonyl (C=O) groups excluding carboxylic acids is 1. The van der Waals surface area contributed by atoms with Crippen LogP contribution in [0.15, 0.2) is 46.9 Å². The number of hydrogen-bond donors (Lipinski definition) is 2. The minimum Gasteiger partial charge on any atom is -0.460 e. The van der Waals surface area contributed by atoms with Gasteiger partial charge >= 0.3 is 0 Å². The van der Waals surface area contributed by atoms with E-state index in [4.69, 9.17) is 4.42 Å². The topological polar surface area (TPSA) is 74.2 Å². The molecule has 0 saturated heterocycles. The summed E-state index contributed by atoms with van der Waals surface area (Å²) in [6.07, 6.45) is 0. The van der Waals surface area contributed by atoms with Crippen molar-refractivity contribution in [2.45, 2.75) is 27.3 Å². The van der Waals surface area contributed by atoms with Crippen LogP contribution >= 0.6 is 0 Å². The molecule has 0 unspecified atom stereocenters. The van der Waals surface area contributed by atoms with Gasteiger partial charge in [-0.25, -0.2) is 0 Å². The molecule has 0 atom stereocenters. The zero-order valence-electron chi connectivity index (χ0n) is 15.4. The molecule has 136 valence electrons. The smallest absolute Gasteiger partial charge is 0.276 e. The lowest BCUT2D eigenvalue weighted by Crippen LogP contribution is -2.22. The Balaban J connectivity index is 1.69. The van der Waals surface area contributed by atoms with Gasteiger partial charge in [0.05, 0.1) is 0 Å². The number of aryl methyl sites for hydroxylation is 1. The van der Waals surface area contributed by atoms with Crippen LogP contribution in [0.5, 0.6) is 0 Å². The minimum atomic E-state index is -0.254. The molecule has 3 aromatic rings. The lowest BCUT2D eigenvalue weighted by atomic mass is 10.2. The number of benzene rings is 1. The summed E-state index contributed by atoms with van der Waals surface area (Å²) in [5.74, 6) is 1.22. The molecule has 0 aliphatic carbocycles. The third kappa shape index (κ3) is 4.21. The van der Waals surface area contributed by atoms with Crippen molar-refractivity contribution >= 4 is 11.6 Å². The molecule has 2 N–H and O–H groups in total. The molecule has 0 radical (unpaired) electrons. The summed E-state index contributed by atoms with van der Waals surface area (Å²) in [4.78, 5) is 14.8. The van der Waals surface area contributed by atoms with Crippen molar-refractivity contribution < 1.29 is 9.21 Å². The third-order valence-corrected chi connectivity index (χ3v) is 4.30. The number of hydrogen-bond acceptors (Lipinski definition) is 4. The summed E-state index contributed by atoms with van der Waals surface area (Å²) < 4.78 is 5.55. The van der Waals surface area contributed by atoms with Crippen molar-refractivity contribution in [3.8, 4) is 11.5 Å². The fourth-order valence-corrected chi connectivity index (χ4v) is 2.79. The molecule has 0 spiro atoms. The maximum Gasteiger partial charge on any atom is 0.276 e. The SMILES string of the molecule is CCN(CC)Cc1cccc(NC(=O)c2cc(-c3ccc(C)o3)[nH]n2)c1. The van der Waals surface area contributed by atoms with Crippen molar-refractivity contribution in [3.63, 3.8) is 0 Å². The van der Waals surface area contributed by atoms with Crippen LogP contribution in [-0.2, 0) is 6.54 Å². The second-order valence-corrected chi connectivity index (χ2v) is 6.19. The van der Waals surface area contributed by atoms with Crippen LogP contribution in [0.4, 0.5) is 5.69 Å². The Kier molecular flexibility index (Phi) is 5.53. The quantitative estimate of drug-likeness (QED) is 0.672. The molecular formula is C20H24N4O2. The summed E-state index contributed by atoms with van der Waals surface area (Å²) in [7, 11) is 0. The van der Waals surface area contributed by atoms with Gasteiger partial charge < -0.3 is 9.73 Å². The molecule has 0 fully saturated rings. The normalized spacial score (nSPS) is 11.1. The first-order valence-electron chi connectivity index (χ1n) is 8.84. The Morgan fingerprint density at radius 3 is 2.69 bits per heavy atom. The Morgan fingerprint density at radius 2 is 2.00 bits per heavy atom. The molecule has 0 bridgehead atoms. The number of nitrogens with zero attached hydrogens (tertiary/aromatic N) is 2. The van der Waals surface area contributed by atoms with Crippen molar-refractivity contribution in [1.29, 1.82) is 0 Å². The summed E-state index contributed by atoms with van der Waals surface area (Å²) in [6, 6.07) is 13.3. The van der Waals surface area contributed by atoms with Gasteiger partial charge in [0.25, 0.3) is 5.91 Å². The lowest BCUT2D eigenvalue weighted by Gasteiger charge is -2.18. The Hall–Kier alpha value is -2.86. The Morgan fingerprint density at radius 1 is 1.19 bits per heavy atom. The number of aromatic amines is 1. The van der Waals surface area contributed by atoms with E-state index in [0.717, 1.165) is 31.1 Å². The van der Waals surface area contributed by atoms with E-state index in [-0.39, 0.29) is 5.91 Å². The molecule has 0 saturated carbocycles. The summed E-state index contributed by atoms with van der Waals surface area (Å²) in [6.45, 7) is 9.01. The van der Waals surface area contributed by atoms with E-state index < -0.39 is 0 Å². The first-order valence-corrected chi connectivity index (χ1v) is 8.84. The summed E-state index contributed by atoms with van der Waals surface area (Å²) in [5, 5.41) is 9.84. The third-order valence-electron chi connectivity index (χ3n) is 4.30. The van der Waals surface area contributed by atoms with Crippen molar-refractivity contribution in [1.82, 2.24) is 15.1 Å². The fourth-order valence-electron chi connectivity index (χ4n) is 2.79. The van der Waals surface area contributed by atoms with E-state index >= 15 is 0 Å². The molecule has 6 heteroatoms. The number of amides is 1. The summed E-state index contributed by atoms with van der Waals surface area (Å²) >= 11 is 0. The molecule has 0 aliphatic heterocycles. The number of rotatable bonds is 7. The van der Waals surface area contributed by atoms with Crippen molar-refractivity contribution in [2.75, 3.05) is 18.4 Å². The van der Waals surface area contributed by atoms with Crippen molar-refractivity contribution in [2.24, 2.45) is 0 Å². The number of anilines is 1. The van der Waals surface area contributed by atoms with Crippen LogP contribution in [0.3, 0.4) is 0 Å². The van der Waals surface area contributed by atoms with E-state index in [1.807, 2.05) is 37.3 Å². The highest BCUT2D eigenvalue weighted by molar-refractivity contribution is 6.03. The Labute approximate surface area is 153 Å². The highest BCUT2D eigenvalue weighted by Gasteiger charge is 2.14. The lowest BCUT2D eigenvalue weighted by molar-refractivity contribution is 0.102. The second-order valence-electron chi connectivity index (χ2n) is 6.19. The van der Waals surface area contributed by atoms with Gasteiger partial charge in [-0.1, -0.05) is 26.0 Å². The number of furan rings is 1. The molecule has 2 aromatic heterocycles. The molecular weight excluding hydrogens is 328 g/mol. The zero-order chi connectivity index (χ0) is 18.5. The van der Waals surface area contributed by atoms with Crippen LogP contribution in [0, 0.1) is 6.92 Å². The maximum absolute atomic E-state index is 12.5. The number of H-pyrrole nitrogens is 1. The van der Waals surface area contributed by atoms with E-state index in [9.17, 15) is 4.79 Å². The van der Waals surface area contributed by atoms with E-state index in [1.165, 1.54) is 5.56 Å². The van der Waals surface area contributed by atoms with E-state index in [0.29, 0.717) is 17.1 Å². The highest BCUT2D eigenvalue weighted by atomic mass is 16.3. The van der Waals surface area contributed by atoms with Gasteiger partial charge in [0, 0.05) is 18.3 Å². The number of carbonyl (C=O) groups is 1.